The Balaban J connectivity index is 1.67. The third-order valence-electron chi connectivity index (χ3n) is 10.0. The van der Waals surface area contributed by atoms with E-state index in [-0.39, 0.29) is 23.6 Å². The standard InChI is InChI=1S/C41H58O7/c1-4-6-8-16-21-37(42)33-24-23-31(3)29-36(30-33)46-40(44)41(34-17-12-9-13-18-34,35-19-14-10-15-20-35)48-38(22-11-7-5-2)47-39(43)32-25-27-45-28-26-32/h9-10,12-15,17-20,31-33,36,38H,4-8,11,16,21-30H2,1-3H3. The molecule has 0 radical (unpaired) electrons. The summed E-state index contributed by atoms with van der Waals surface area (Å²) < 4.78 is 25.1. The average Bonchev–Trinajstić information content (AvgIpc) is 3.30. The molecule has 4 rings (SSSR count). The number of carbonyl (C=O) groups excluding carboxylic acids is 3. The first-order valence-electron chi connectivity index (χ1n) is 18.7. The molecule has 2 fully saturated rings. The van der Waals surface area contributed by atoms with Crippen molar-refractivity contribution in [3.05, 3.63) is 71.8 Å². The second-order valence-corrected chi connectivity index (χ2v) is 13.9. The Morgan fingerprint density at radius 1 is 0.771 bits per heavy atom. The third-order valence-corrected chi connectivity index (χ3v) is 10.0. The minimum atomic E-state index is -1.69. The summed E-state index contributed by atoms with van der Waals surface area (Å²) in [5.41, 5.74) is -0.479. The topological polar surface area (TPSA) is 88.1 Å². The first-order valence-corrected chi connectivity index (χ1v) is 18.7. The summed E-state index contributed by atoms with van der Waals surface area (Å²) in [6.45, 7) is 7.51. The molecule has 1 saturated heterocycles. The SMILES string of the molecule is CCCCCCC(=O)C1CCC(C)CC(OC(=O)C(OC(CCCCC)OC(=O)C2CCOCC2)(c2ccccc2)c2ccccc2)C1. The largest absolute Gasteiger partial charge is 0.460 e. The van der Waals surface area contributed by atoms with E-state index in [9.17, 15) is 14.4 Å². The van der Waals surface area contributed by atoms with E-state index in [0.29, 0.717) is 68.8 Å². The van der Waals surface area contributed by atoms with Gasteiger partial charge in [-0.15, -0.1) is 0 Å². The van der Waals surface area contributed by atoms with Crippen LogP contribution < -0.4 is 0 Å². The second-order valence-electron chi connectivity index (χ2n) is 13.9. The third kappa shape index (κ3) is 10.7. The molecule has 264 valence electrons. The van der Waals surface area contributed by atoms with E-state index in [1.807, 2.05) is 60.7 Å². The molecule has 2 aromatic rings. The molecule has 48 heavy (non-hydrogen) atoms. The first-order chi connectivity index (χ1) is 23.4. The molecule has 4 unspecified atom stereocenters. The number of Topliss-reactive ketones (excluding diaryl/α,β-unsaturated/α-hetero) is 1. The Kier molecular flexibility index (Phi) is 15.6. The van der Waals surface area contributed by atoms with Crippen LogP contribution in [0.15, 0.2) is 60.7 Å². The summed E-state index contributed by atoms with van der Waals surface area (Å²) in [6, 6.07) is 18.8. The van der Waals surface area contributed by atoms with Crippen molar-refractivity contribution in [1.82, 2.24) is 0 Å². The van der Waals surface area contributed by atoms with Gasteiger partial charge in [-0.05, 0) is 68.4 Å². The van der Waals surface area contributed by atoms with Crippen molar-refractivity contribution in [2.24, 2.45) is 17.8 Å². The van der Waals surface area contributed by atoms with E-state index in [1.165, 1.54) is 0 Å². The number of carbonyl (C=O) groups is 3. The molecule has 7 nitrogen and oxygen atoms in total. The summed E-state index contributed by atoms with van der Waals surface area (Å²) in [4.78, 5) is 41.8. The lowest BCUT2D eigenvalue weighted by atomic mass is 9.85. The lowest BCUT2D eigenvalue weighted by molar-refractivity contribution is -0.226. The first kappa shape index (κ1) is 37.8. The monoisotopic (exact) mass is 662 g/mol. The summed E-state index contributed by atoms with van der Waals surface area (Å²) in [6.07, 6.45) is 10.7. The molecule has 1 aliphatic heterocycles. The van der Waals surface area contributed by atoms with Crippen LogP contribution in [0.25, 0.3) is 0 Å². The fourth-order valence-corrected chi connectivity index (χ4v) is 7.13. The smallest absolute Gasteiger partial charge is 0.348 e. The number of unbranched alkanes of at least 4 members (excludes halogenated alkanes) is 5. The predicted molar refractivity (Wildman–Crippen MR) is 187 cm³/mol. The number of hydrogen-bond donors (Lipinski definition) is 0. The molecule has 1 heterocycles. The quantitative estimate of drug-likeness (QED) is 0.0681. The van der Waals surface area contributed by atoms with Gasteiger partial charge < -0.3 is 18.9 Å². The van der Waals surface area contributed by atoms with Crippen molar-refractivity contribution in [2.45, 2.75) is 135 Å². The van der Waals surface area contributed by atoms with Gasteiger partial charge in [0.1, 0.15) is 11.9 Å². The Hall–Kier alpha value is -3.03. The Morgan fingerprint density at radius 3 is 2.02 bits per heavy atom. The molecule has 0 bridgehead atoms. The molecule has 0 N–H and O–H groups in total. The number of benzene rings is 2. The van der Waals surface area contributed by atoms with Crippen LogP contribution in [0, 0.1) is 17.8 Å². The van der Waals surface area contributed by atoms with E-state index >= 15 is 0 Å². The average molecular weight is 663 g/mol. The molecular formula is C41H58O7. The molecule has 0 amide bonds. The molecule has 4 atom stereocenters. The van der Waals surface area contributed by atoms with Crippen LogP contribution in [0.3, 0.4) is 0 Å². The lowest BCUT2D eigenvalue weighted by Gasteiger charge is -2.37. The fraction of sp³-hybridized carbons (Fsp3) is 0.634. The zero-order valence-electron chi connectivity index (χ0n) is 29.5. The second kappa shape index (κ2) is 19.8. The summed E-state index contributed by atoms with van der Waals surface area (Å²) in [7, 11) is 0. The summed E-state index contributed by atoms with van der Waals surface area (Å²) >= 11 is 0. The van der Waals surface area contributed by atoms with Crippen molar-refractivity contribution in [2.75, 3.05) is 13.2 Å². The molecule has 2 aromatic carbocycles. The summed E-state index contributed by atoms with van der Waals surface area (Å²) in [5.74, 6) is -0.662. The molecule has 1 saturated carbocycles. The maximum absolute atomic E-state index is 14.9. The fourth-order valence-electron chi connectivity index (χ4n) is 7.13. The van der Waals surface area contributed by atoms with Gasteiger partial charge in [-0.25, -0.2) is 4.79 Å². The van der Waals surface area contributed by atoms with E-state index in [1.54, 1.807) is 0 Å². The molecule has 0 aromatic heterocycles. The van der Waals surface area contributed by atoms with Crippen LogP contribution in [-0.2, 0) is 38.9 Å². The van der Waals surface area contributed by atoms with E-state index in [4.69, 9.17) is 18.9 Å². The van der Waals surface area contributed by atoms with Crippen molar-refractivity contribution >= 4 is 17.7 Å². The van der Waals surface area contributed by atoms with Gasteiger partial charge >= 0.3 is 11.9 Å². The Labute approximate surface area is 288 Å². The normalized spacial score (nSPS) is 21.2. The summed E-state index contributed by atoms with van der Waals surface area (Å²) in [5, 5.41) is 0. The van der Waals surface area contributed by atoms with Gasteiger partial charge in [0, 0.05) is 32.0 Å². The van der Waals surface area contributed by atoms with E-state index in [0.717, 1.165) is 57.8 Å². The van der Waals surface area contributed by atoms with Gasteiger partial charge in [0.2, 0.25) is 11.9 Å². The van der Waals surface area contributed by atoms with Gasteiger partial charge in [-0.1, -0.05) is 114 Å². The minimum absolute atomic E-state index is 0.125. The van der Waals surface area contributed by atoms with Crippen molar-refractivity contribution < 1.29 is 33.3 Å². The van der Waals surface area contributed by atoms with Crippen LogP contribution in [0.4, 0.5) is 0 Å². The zero-order valence-corrected chi connectivity index (χ0v) is 29.5. The van der Waals surface area contributed by atoms with Crippen LogP contribution in [0.5, 0.6) is 0 Å². The zero-order chi connectivity index (χ0) is 34.2. The lowest BCUT2D eigenvalue weighted by Crippen LogP contribution is -2.47. The number of ketones is 1. The van der Waals surface area contributed by atoms with Gasteiger partial charge in [0.05, 0.1) is 5.92 Å². The molecule has 1 aliphatic carbocycles. The van der Waals surface area contributed by atoms with Crippen LogP contribution in [0.2, 0.25) is 0 Å². The van der Waals surface area contributed by atoms with Crippen LogP contribution >= 0.6 is 0 Å². The molecule has 2 aliphatic rings. The number of rotatable bonds is 18. The molecular weight excluding hydrogens is 604 g/mol. The highest BCUT2D eigenvalue weighted by Gasteiger charge is 2.49. The van der Waals surface area contributed by atoms with Crippen LogP contribution in [0.1, 0.15) is 128 Å². The van der Waals surface area contributed by atoms with Crippen molar-refractivity contribution in [3.63, 3.8) is 0 Å². The maximum atomic E-state index is 14.9. The molecule has 7 heteroatoms. The number of ether oxygens (including phenoxy) is 4. The van der Waals surface area contributed by atoms with E-state index in [2.05, 4.69) is 20.8 Å². The highest BCUT2D eigenvalue weighted by Crippen LogP contribution is 2.40. The van der Waals surface area contributed by atoms with Crippen molar-refractivity contribution in [3.8, 4) is 0 Å². The highest BCUT2D eigenvalue weighted by molar-refractivity contribution is 5.86. The van der Waals surface area contributed by atoms with Gasteiger partial charge in [0.15, 0.2) is 0 Å². The van der Waals surface area contributed by atoms with Crippen LogP contribution in [-0.4, -0.2) is 43.3 Å². The van der Waals surface area contributed by atoms with Gasteiger partial charge in [-0.3, -0.25) is 9.59 Å². The van der Waals surface area contributed by atoms with Gasteiger partial charge in [-0.2, -0.15) is 0 Å². The molecule has 0 spiro atoms. The number of esters is 2. The highest BCUT2D eigenvalue weighted by atomic mass is 16.7. The van der Waals surface area contributed by atoms with Crippen molar-refractivity contribution in [1.29, 1.82) is 0 Å². The number of hydrogen-bond acceptors (Lipinski definition) is 7. The predicted octanol–water partition coefficient (Wildman–Crippen LogP) is 9.10. The Bertz CT molecular complexity index is 1200. The van der Waals surface area contributed by atoms with E-state index < -0.39 is 24.0 Å². The Morgan fingerprint density at radius 2 is 1.40 bits per heavy atom. The maximum Gasteiger partial charge on any atom is 0.348 e. The minimum Gasteiger partial charge on any atom is -0.460 e. The van der Waals surface area contributed by atoms with Gasteiger partial charge in [0.25, 0.3) is 0 Å².